The lowest BCUT2D eigenvalue weighted by Gasteiger charge is -2.39. The van der Waals surface area contributed by atoms with Crippen molar-refractivity contribution in [2.45, 2.75) is 6.04 Å². The van der Waals surface area contributed by atoms with Gasteiger partial charge in [0.1, 0.15) is 11.5 Å². The molecule has 1 saturated heterocycles. The predicted molar refractivity (Wildman–Crippen MR) is 124 cm³/mol. The molecule has 6 nitrogen and oxygen atoms in total. The number of nitrogens with zero attached hydrogens (tertiary/aromatic N) is 4. The molecule has 0 bridgehead atoms. The first-order valence-corrected chi connectivity index (χ1v) is 11.0. The monoisotopic (exact) mass is 441 g/mol. The molecular formula is C26H24FN5O. The van der Waals surface area contributed by atoms with Gasteiger partial charge in [-0.2, -0.15) is 15.4 Å². The van der Waals surface area contributed by atoms with E-state index in [9.17, 15) is 9.18 Å². The SMILES string of the molecule is O=C(c1n[nH]nc1-c1ccc(F)cc1)N1CCN(C(c2ccccc2)c2ccccc2)CC1. The van der Waals surface area contributed by atoms with Gasteiger partial charge >= 0.3 is 0 Å². The van der Waals surface area contributed by atoms with Crippen molar-refractivity contribution in [1.29, 1.82) is 0 Å². The number of aromatic amines is 1. The fraction of sp³-hybridized carbons (Fsp3) is 0.192. The lowest BCUT2D eigenvalue weighted by molar-refractivity contribution is 0.0592. The lowest BCUT2D eigenvalue weighted by atomic mass is 9.96. The molecule has 3 aromatic carbocycles. The van der Waals surface area contributed by atoms with Gasteiger partial charge in [-0.15, -0.1) is 0 Å². The van der Waals surface area contributed by atoms with Crippen LogP contribution < -0.4 is 0 Å². The molecule has 7 heteroatoms. The summed E-state index contributed by atoms with van der Waals surface area (Å²) in [5, 5.41) is 10.8. The average Bonchev–Trinajstić information content (AvgIpc) is 3.36. The molecule has 166 valence electrons. The number of H-pyrrole nitrogens is 1. The van der Waals surface area contributed by atoms with E-state index in [0.717, 1.165) is 13.1 Å². The van der Waals surface area contributed by atoms with Crippen molar-refractivity contribution < 1.29 is 9.18 Å². The second kappa shape index (κ2) is 9.34. The van der Waals surface area contributed by atoms with Gasteiger partial charge < -0.3 is 4.90 Å². The third-order valence-corrected chi connectivity index (χ3v) is 6.07. The standard InChI is InChI=1S/C26H24FN5O/c27-22-13-11-19(12-14-22)23-24(29-30-28-23)26(33)32-17-15-31(16-18-32)25(20-7-3-1-4-8-20)21-9-5-2-6-10-21/h1-14,25H,15-18H2,(H,28,29,30). The molecule has 1 N–H and O–H groups in total. The molecule has 5 rings (SSSR count). The molecule has 1 aliphatic heterocycles. The number of aromatic nitrogens is 3. The van der Waals surface area contributed by atoms with Gasteiger partial charge in [-0.05, 0) is 35.4 Å². The lowest BCUT2D eigenvalue weighted by Crippen LogP contribution is -2.50. The number of hydrogen-bond donors (Lipinski definition) is 1. The fourth-order valence-electron chi connectivity index (χ4n) is 4.41. The van der Waals surface area contributed by atoms with E-state index in [4.69, 9.17) is 0 Å². The van der Waals surface area contributed by atoms with Crippen LogP contribution in [-0.2, 0) is 0 Å². The van der Waals surface area contributed by atoms with E-state index in [1.165, 1.54) is 23.3 Å². The highest BCUT2D eigenvalue weighted by atomic mass is 19.1. The molecule has 4 aromatic rings. The number of hydrogen-bond acceptors (Lipinski definition) is 4. The number of rotatable bonds is 5. The van der Waals surface area contributed by atoms with Gasteiger partial charge in [0.05, 0.1) is 6.04 Å². The maximum Gasteiger partial charge on any atom is 0.276 e. The molecule has 33 heavy (non-hydrogen) atoms. The van der Waals surface area contributed by atoms with Crippen LogP contribution >= 0.6 is 0 Å². The Balaban J connectivity index is 1.33. The summed E-state index contributed by atoms with van der Waals surface area (Å²) in [4.78, 5) is 17.5. The van der Waals surface area contributed by atoms with Crippen LogP contribution in [0.2, 0.25) is 0 Å². The van der Waals surface area contributed by atoms with Crippen molar-refractivity contribution in [3.05, 3.63) is 108 Å². The van der Waals surface area contributed by atoms with Gasteiger partial charge in [0, 0.05) is 31.7 Å². The Hall–Kier alpha value is -3.84. The Morgan fingerprint density at radius 2 is 1.36 bits per heavy atom. The van der Waals surface area contributed by atoms with Gasteiger partial charge in [-0.1, -0.05) is 60.7 Å². The third kappa shape index (κ3) is 4.40. The van der Waals surface area contributed by atoms with E-state index in [1.807, 2.05) is 17.0 Å². The van der Waals surface area contributed by atoms with E-state index in [-0.39, 0.29) is 23.5 Å². The average molecular weight is 442 g/mol. The highest BCUT2D eigenvalue weighted by Gasteiger charge is 2.30. The van der Waals surface area contributed by atoms with Crippen LogP contribution in [0.4, 0.5) is 4.39 Å². The molecule has 1 fully saturated rings. The van der Waals surface area contributed by atoms with Crippen LogP contribution in [0.3, 0.4) is 0 Å². The second-order valence-corrected chi connectivity index (χ2v) is 8.08. The second-order valence-electron chi connectivity index (χ2n) is 8.08. The largest absolute Gasteiger partial charge is 0.335 e. The number of benzene rings is 3. The van der Waals surface area contributed by atoms with E-state index in [2.05, 4.69) is 68.8 Å². The highest BCUT2D eigenvalue weighted by Crippen LogP contribution is 2.30. The van der Waals surface area contributed by atoms with Crippen LogP contribution in [0.15, 0.2) is 84.9 Å². The molecule has 1 aromatic heterocycles. The van der Waals surface area contributed by atoms with Crippen LogP contribution in [0, 0.1) is 5.82 Å². The normalized spacial score (nSPS) is 14.5. The van der Waals surface area contributed by atoms with Gasteiger partial charge in [-0.25, -0.2) is 4.39 Å². The summed E-state index contributed by atoms with van der Waals surface area (Å²) in [5.74, 6) is -0.503. The van der Waals surface area contributed by atoms with Crippen molar-refractivity contribution in [3.63, 3.8) is 0 Å². The van der Waals surface area contributed by atoms with Crippen molar-refractivity contribution in [3.8, 4) is 11.3 Å². The zero-order valence-corrected chi connectivity index (χ0v) is 18.1. The Morgan fingerprint density at radius 1 is 0.788 bits per heavy atom. The Bertz CT molecular complexity index is 1160. The van der Waals surface area contributed by atoms with Crippen LogP contribution in [0.1, 0.15) is 27.7 Å². The van der Waals surface area contributed by atoms with Crippen LogP contribution in [0.25, 0.3) is 11.3 Å². The zero-order chi connectivity index (χ0) is 22.6. The van der Waals surface area contributed by atoms with Gasteiger partial charge in [0.25, 0.3) is 5.91 Å². The topological polar surface area (TPSA) is 65.1 Å². The molecule has 0 aliphatic carbocycles. The minimum atomic E-state index is -0.336. The molecule has 0 saturated carbocycles. The summed E-state index contributed by atoms with van der Waals surface area (Å²) in [6.07, 6.45) is 0. The first kappa shape index (κ1) is 21.0. The van der Waals surface area contributed by atoms with E-state index in [0.29, 0.717) is 24.3 Å². The van der Waals surface area contributed by atoms with Crippen molar-refractivity contribution >= 4 is 5.91 Å². The maximum atomic E-state index is 13.3. The number of halogens is 1. The van der Waals surface area contributed by atoms with Gasteiger partial charge in [0.15, 0.2) is 5.69 Å². The number of carbonyl (C=O) groups is 1. The molecule has 0 atom stereocenters. The van der Waals surface area contributed by atoms with E-state index in [1.54, 1.807) is 12.1 Å². The molecule has 2 heterocycles. The van der Waals surface area contributed by atoms with Gasteiger partial charge in [-0.3, -0.25) is 9.69 Å². The van der Waals surface area contributed by atoms with Crippen molar-refractivity contribution in [2.75, 3.05) is 26.2 Å². The first-order chi connectivity index (χ1) is 16.2. The summed E-state index contributed by atoms with van der Waals surface area (Å²) in [6, 6.07) is 27.0. The smallest absolute Gasteiger partial charge is 0.276 e. The summed E-state index contributed by atoms with van der Waals surface area (Å²) in [5.41, 5.74) is 3.82. The number of piperazine rings is 1. The molecular weight excluding hydrogens is 417 g/mol. The summed E-state index contributed by atoms with van der Waals surface area (Å²) in [6.45, 7) is 2.66. The van der Waals surface area contributed by atoms with Crippen molar-refractivity contribution in [2.24, 2.45) is 0 Å². The quantitative estimate of drug-likeness (QED) is 0.505. The Morgan fingerprint density at radius 3 is 1.94 bits per heavy atom. The zero-order valence-electron chi connectivity index (χ0n) is 18.1. The van der Waals surface area contributed by atoms with Crippen LogP contribution in [-0.4, -0.2) is 57.3 Å². The minimum absolute atomic E-state index is 0.131. The Labute approximate surface area is 191 Å². The third-order valence-electron chi connectivity index (χ3n) is 6.07. The first-order valence-electron chi connectivity index (χ1n) is 11.0. The van der Waals surface area contributed by atoms with Crippen molar-refractivity contribution in [1.82, 2.24) is 25.2 Å². The molecule has 0 spiro atoms. The predicted octanol–water partition coefficient (Wildman–Crippen LogP) is 4.16. The molecule has 0 unspecified atom stereocenters. The molecule has 0 radical (unpaired) electrons. The minimum Gasteiger partial charge on any atom is -0.335 e. The van der Waals surface area contributed by atoms with E-state index >= 15 is 0 Å². The summed E-state index contributed by atoms with van der Waals surface area (Å²) < 4.78 is 13.3. The number of carbonyl (C=O) groups excluding carboxylic acids is 1. The maximum absolute atomic E-state index is 13.3. The van der Waals surface area contributed by atoms with Gasteiger partial charge in [0.2, 0.25) is 0 Å². The number of nitrogens with one attached hydrogen (secondary N) is 1. The summed E-state index contributed by atoms with van der Waals surface area (Å²) in [7, 11) is 0. The molecule has 1 aliphatic rings. The highest BCUT2D eigenvalue weighted by molar-refractivity contribution is 5.97. The Kier molecular flexibility index (Phi) is 5.95. The summed E-state index contributed by atoms with van der Waals surface area (Å²) >= 11 is 0. The molecule has 1 amide bonds. The number of amides is 1. The van der Waals surface area contributed by atoms with Crippen LogP contribution in [0.5, 0.6) is 0 Å². The fourth-order valence-corrected chi connectivity index (χ4v) is 4.41. The van der Waals surface area contributed by atoms with E-state index < -0.39 is 0 Å².